The van der Waals surface area contributed by atoms with Gasteiger partial charge in [-0.05, 0) is 51.3 Å². The van der Waals surface area contributed by atoms with Crippen molar-refractivity contribution in [3.05, 3.63) is 35.6 Å². The van der Waals surface area contributed by atoms with E-state index in [2.05, 4.69) is 0 Å². The highest BCUT2D eigenvalue weighted by Gasteiger charge is 2.37. The monoisotopic (exact) mass is 336 g/mol. The van der Waals surface area contributed by atoms with Gasteiger partial charge in [0.15, 0.2) is 0 Å². The molecule has 1 fully saturated rings. The van der Waals surface area contributed by atoms with Crippen molar-refractivity contribution in [1.82, 2.24) is 9.80 Å². The van der Waals surface area contributed by atoms with Crippen molar-refractivity contribution in [2.45, 2.75) is 51.8 Å². The number of amides is 2. The number of hydrogen-bond donors (Lipinski definition) is 0. The molecule has 1 heterocycles. The van der Waals surface area contributed by atoms with E-state index in [-0.39, 0.29) is 11.7 Å². The van der Waals surface area contributed by atoms with Crippen molar-refractivity contribution < 1.29 is 18.7 Å². The summed E-state index contributed by atoms with van der Waals surface area (Å²) < 4.78 is 18.4. The molecule has 1 atom stereocenters. The Balaban J connectivity index is 2.01. The maximum atomic E-state index is 13.0. The van der Waals surface area contributed by atoms with Crippen molar-refractivity contribution >= 4 is 12.0 Å². The Kier molecular flexibility index (Phi) is 5.47. The zero-order valence-corrected chi connectivity index (χ0v) is 14.7. The summed E-state index contributed by atoms with van der Waals surface area (Å²) in [6.45, 7) is 6.31. The average molecular weight is 336 g/mol. The summed E-state index contributed by atoms with van der Waals surface area (Å²) in [6, 6.07) is 5.55. The molecule has 0 saturated carbocycles. The molecule has 2 amide bonds. The van der Waals surface area contributed by atoms with Crippen LogP contribution in [0.2, 0.25) is 0 Å². The highest BCUT2D eigenvalue weighted by atomic mass is 19.1. The van der Waals surface area contributed by atoms with Crippen molar-refractivity contribution in [3.63, 3.8) is 0 Å². The van der Waals surface area contributed by atoms with E-state index in [0.717, 1.165) is 12.0 Å². The molecule has 0 aromatic heterocycles. The van der Waals surface area contributed by atoms with Crippen molar-refractivity contribution in [1.29, 1.82) is 0 Å². The van der Waals surface area contributed by atoms with Gasteiger partial charge in [-0.3, -0.25) is 9.69 Å². The molecule has 24 heavy (non-hydrogen) atoms. The van der Waals surface area contributed by atoms with Gasteiger partial charge in [0.2, 0.25) is 5.91 Å². The third-order valence-electron chi connectivity index (χ3n) is 3.88. The van der Waals surface area contributed by atoms with Gasteiger partial charge in [-0.2, -0.15) is 0 Å². The highest BCUT2D eigenvalue weighted by Crippen LogP contribution is 2.22. The van der Waals surface area contributed by atoms with E-state index < -0.39 is 17.7 Å². The minimum Gasteiger partial charge on any atom is -0.444 e. The van der Waals surface area contributed by atoms with Crippen LogP contribution < -0.4 is 0 Å². The number of carbonyl (C=O) groups excluding carboxylic acids is 2. The van der Waals surface area contributed by atoms with Gasteiger partial charge in [-0.25, -0.2) is 9.18 Å². The van der Waals surface area contributed by atoms with Crippen LogP contribution in [0.5, 0.6) is 0 Å². The number of rotatable bonds is 3. The minimum absolute atomic E-state index is 0.123. The summed E-state index contributed by atoms with van der Waals surface area (Å²) in [4.78, 5) is 28.1. The van der Waals surface area contributed by atoms with Crippen LogP contribution in [-0.2, 0) is 16.1 Å². The van der Waals surface area contributed by atoms with E-state index in [1.165, 1.54) is 17.0 Å². The van der Waals surface area contributed by atoms with E-state index in [1.54, 1.807) is 44.9 Å². The summed E-state index contributed by atoms with van der Waals surface area (Å²) in [5.41, 5.74) is 0.252. The maximum Gasteiger partial charge on any atom is 0.410 e. The van der Waals surface area contributed by atoms with Gasteiger partial charge in [0.25, 0.3) is 0 Å². The SMILES string of the molecule is CN(Cc1ccc(F)cc1)C(=O)[C@H]1CCCN1C(=O)OC(C)(C)C. The van der Waals surface area contributed by atoms with E-state index in [0.29, 0.717) is 19.5 Å². The topological polar surface area (TPSA) is 49.9 Å². The maximum absolute atomic E-state index is 13.0. The number of nitrogens with zero attached hydrogens (tertiary/aromatic N) is 2. The molecule has 1 aliphatic rings. The smallest absolute Gasteiger partial charge is 0.410 e. The van der Waals surface area contributed by atoms with Crippen LogP contribution in [0.4, 0.5) is 9.18 Å². The lowest BCUT2D eigenvalue weighted by Crippen LogP contribution is -2.47. The highest BCUT2D eigenvalue weighted by molar-refractivity contribution is 5.86. The summed E-state index contributed by atoms with van der Waals surface area (Å²) >= 11 is 0. The first-order valence-electron chi connectivity index (χ1n) is 8.16. The van der Waals surface area contributed by atoms with Gasteiger partial charge < -0.3 is 9.64 Å². The molecule has 0 radical (unpaired) electrons. The molecule has 1 saturated heterocycles. The molecule has 0 spiro atoms. The fourth-order valence-electron chi connectivity index (χ4n) is 2.76. The van der Waals surface area contributed by atoms with Crippen LogP contribution in [0.25, 0.3) is 0 Å². The molecule has 0 aliphatic carbocycles. The van der Waals surface area contributed by atoms with Crippen LogP contribution in [0.1, 0.15) is 39.2 Å². The summed E-state index contributed by atoms with van der Waals surface area (Å²) in [5, 5.41) is 0. The lowest BCUT2D eigenvalue weighted by atomic mass is 10.1. The second-order valence-corrected chi connectivity index (χ2v) is 7.15. The van der Waals surface area contributed by atoms with Crippen molar-refractivity contribution in [2.75, 3.05) is 13.6 Å². The predicted molar refractivity (Wildman–Crippen MR) is 88.8 cm³/mol. The Hall–Kier alpha value is -2.11. The minimum atomic E-state index is -0.590. The Morgan fingerprint density at radius 1 is 1.29 bits per heavy atom. The number of carbonyl (C=O) groups is 2. The fraction of sp³-hybridized carbons (Fsp3) is 0.556. The Morgan fingerprint density at radius 3 is 2.50 bits per heavy atom. The normalized spacial score (nSPS) is 17.7. The number of hydrogen-bond acceptors (Lipinski definition) is 3. The number of halogens is 1. The third kappa shape index (κ3) is 4.69. The lowest BCUT2D eigenvalue weighted by molar-refractivity contribution is -0.135. The van der Waals surface area contributed by atoms with E-state index in [4.69, 9.17) is 4.74 Å². The van der Waals surface area contributed by atoms with Gasteiger partial charge >= 0.3 is 6.09 Å². The van der Waals surface area contributed by atoms with E-state index in [1.807, 2.05) is 0 Å². The first kappa shape index (κ1) is 18.2. The van der Waals surface area contributed by atoms with E-state index >= 15 is 0 Å². The van der Waals surface area contributed by atoms with Crippen LogP contribution in [0, 0.1) is 5.82 Å². The molecule has 2 rings (SSSR count). The van der Waals surface area contributed by atoms with Crippen molar-refractivity contribution in [3.8, 4) is 0 Å². The van der Waals surface area contributed by atoms with Gasteiger partial charge in [0.1, 0.15) is 17.5 Å². The van der Waals surface area contributed by atoms with Gasteiger partial charge in [0.05, 0.1) is 0 Å². The summed E-state index contributed by atoms with van der Waals surface area (Å²) in [6.07, 6.45) is 0.958. The third-order valence-corrected chi connectivity index (χ3v) is 3.88. The van der Waals surface area contributed by atoms with E-state index in [9.17, 15) is 14.0 Å². The average Bonchev–Trinajstić information content (AvgIpc) is 2.96. The van der Waals surface area contributed by atoms with Gasteiger partial charge in [-0.1, -0.05) is 12.1 Å². The molecule has 132 valence electrons. The zero-order chi connectivity index (χ0) is 17.9. The second kappa shape index (κ2) is 7.20. The molecule has 1 aromatic rings. The molecule has 5 nitrogen and oxygen atoms in total. The standard InChI is InChI=1S/C18H25FN2O3/c1-18(2,3)24-17(23)21-11-5-6-15(21)16(22)20(4)12-13-7-9-14(19)10-8-13/h7-10,15H,5-6,11-12H2,1-4H3/t15-/m1/s1. The Labute approximate surface area is 142 Å². The molecule has 0 N–H and O–H groups in total. The molecule has 1 aromatic carbocycles. The largest absolute Gasteiger partial charge is 0.444 e. The summed E-state index contributed by atoms with van der Waals surface area (Å²) in [5.74, 6) is -0.428. The van der Waals surface area contributed by atoms with Crippen LogP contribution in [0.3, 0.4) is 0 Å². The van der Waals surface area contributed by atoms with Crippen LogP contribution >= 0.6 is 0 Å². The summed E-state index contributed by atoms with van der Waals surface area (Å²) in [7, 11) is 1.69. The number of likely N-dealkylation sites (N-methyl/N-ethyl adjacent to an activating group) is 1. The number of ether oxygens (including phenoxy) is 1. The Bertz CT molecular complexity index is 595. The van der Waals surface area contributed by atoms with Gasteiger partial charge in [0, 0.05) is 20.1 Å². The fourth-order valence-corrected chi connectivity index (χ4v) is 2.76. The second-order valence-electron chi connectivity index (χ2n) is 7.15. The molecular formula is C18H25FN2O3. The molecule has 6 heteroatoms. The van der Waals surface area contributed by atoms with Crippen LogP contribution in [0.15, 0.2) is 24.3 Å². The zero-order valence-electron chi connectivity index (χ0n) is 14.7. The molecule has 0 bridgehead atoms. The number of likely N-dealkylation sites (tertiary alicyclic amines) is 1. The van der Waals surface area contributed by atoms with Crippen LogP contribution in [-0.4, -0.2) is 47.0 Å². The number of benzene rings is 1. The first-order valence-corrected chi connectivity index (χ1v) is 8.16. The molecular weight excluding hydrogens is 311 g/mol. The lowest BCUT2D eigenvalue weighted by Gasteiger charge is -2.30. The molecule has 1 aliphatic heterocycles. The predicted octanol–water partition coefficient (Wildman–Crippen LogP) is 3.18. The first-order chi connectivity index (χ1) is 11.2. The van der Waals surface area contributed by atoms with Crippen molar-refractivity contribution in [2.24, 2.45) is 0 Å². The Morgan fingerprint density at radius 2 is 1.92 bits per heavy atom. The van der Waals surface area contributed by atoms with Gasteiger partial charge in [-0.15, -0.1) is 0 Å². The molecule has 0 unspecified atom stereocenters. The quantitative estimate of drug-likeness (QED) is 0.852.